The third-order valence-corrected chi connectivity index (χ3v) is 7.20. The molecule has 0 bridgehead atoms. The van der Waals surface area contributed by atoms with Crippen molar-refractivity contribution >= 4 is 5.97 Å². The summed E-state index contributed by atoms with van der Waals surface area (Å²) in [5, 5.41) is 39.4. The fraction of sp³-hybridized carbons (Fsp3) is 0.562. The number of nitrogens with zero attached hydrogens (tertiary/aromatic N) is 1. The molecule has 3 N–H and O–H groups in total. The summed E-state index contributed by atoms with van der Waals surface area (Å²) >= 11 is 0. The van der Waals surface area contributed by atoms with Gasteiger partial charge < -0.3 is 20.1 Å². The number of carboxylic acid groups (broad SMARTS) is 1. The third-order valence-electron chi connectivity index (χ3n) is 7.20. The number of benzene rings is 2. The van der Waals surface area contributed by atoms with Gasteiger partial charge in [0.1, 0.15) is 17.1 Å². The molecule has 0 saturated heterocycles. The van der Waals surface area contributed by atoms with E-state index in [9.17, 15) is 20.1 Å². The van der Waals surface area contributed by atoms with E-state index in [0.717, 1.165) is 57.4 Å². The molecule has 0 fully saturated rings. The van der Waals surface area contributed by atoms with Gasteiger partial charge in [-0.1, -0.05) is 83.8 Å². The van der Waals surface area contributed by atoms with Crippen molar-refractivity contribution in [2.24, 2.45) is 0 Å². The minimum absolute atomic E-state index is 0.192. The second-order valence-electron chi connectivity index (χ2n) is 10.2. The zero-order valence-corrected chi connectivity index (χ0v) is 23.1. The van der Waals surface area contributed by atoms with Crippen LogP contribution in [0.5, 0.6) is 11.5 Å². The van der Waals surface area contributed by atoms with Crippen molar-refractivity contribution in [3.8, 4) is 17.6 Å². The molecule has 6 heteroatoms. The highest BCUT2D eigenvalue weighted by atomic mass is 16.5. The maximum atomic E-state index is 11.6. The van der Waals surface area contributed by atoms with Crippen LogP contribution < -0.4 is 0 Å². The molecule has 0 aliphatic carbocycles. The van der Waals surface area contributed by atoms with Gasteiger partial charge in [-0.25, -0.2) is 4.79 Å². The molecule has 0 radical (unpaired) electrons. The average Bonchev–Trinajstić information content (AvgIpc) is 2.92. The van der Waals surface area contributed by atoms with E-state index in [4.69, 9.17) is 10.00 Å². The maximum Gasteiger partial charge on any atom is 0.339 e. The summed E-state index contributed by atoms with van der Waals surface area (Å²) in [6.45, 7) is 4.84. The monoisotopic (exact) mass is 523 g/mol. The molecule has 0 aromatic heterocycles. The van der Waals surface area contributed by atoms with Crippen molar-refractivity contribution in [1.82, 2.24) is 0 Å². The normalized spacial score (nSPS) is 12.7. The lowest BCUT2D eigenvalue weighted by atomic mass is 9.88. The molecule has 2 aromatic carbocycles. The van der Waals surface area contributed by atoms with Gasteiger partial charge >= 0.3 is 5.97 Å². The number of rotatable bonds is 19. The number of carbonyl (C=O) groups is 1. The Morgan fingerprint density at radius 3 is 2.11 bits per heavy atom. The first-order valence-electron chi connectivity index (χ1n) is 14.3. The van der Waals surface area contributed by atoms with Crippen LogP contribution in [0, 0.1) is 11.3 Å². The van der Waals surface area contributed by atoms with Crippen LogP contribution in [0.25, 0.3) is 0 Å². The number of phenols is 2. The molecule has 6 nitrogen and oxygen atoms in total. The molecule has 38 heavy (non-hydrogen) atoms. The highest BCUT2D eigenvalue weighted by molar-refractivity contribution is 5.92. The first kappa shape index (κ1) is 31.2. The molecule has 0 spiro atoms. The molecule has 0 aliphatic heterocycles. The number of hydrogen-bond acceptors (Lipinski definition) is 5. The molecule has 2 unspecified atom stereocenters. The Morgan fingerprint density at radius 2 is 1.47 bits per heavy atom. The Balaban J connectivity index is 2.08. The Kier molecular flexibility index (Phi) is 14.3. The van der Waals surface area contributed by atoms with E-state index in [0.29, 0.717) is 30.1 Å². The van der Waals surface area contributed by atoms with Crippen molar-refractivity contribution in [2.45, 2.75) is 109 Å². The van der Waals surface area contributed by atoms with Crippen LogP contribution in [-0.4, -0.2) is 27.9 Å². The molecule has 208 valence electrons. The van der Waals surface area contributed by atoms with Crippen LogP contribution in [-0.2, 0) is 4.74 Å². The highest BCUT2D eigenvalue weighted by Gasteiger charge is 2.23. The van der Waals surface area contributed by atoms with Crippen LogP contribution in [0.1, 0.15) is 136 Å². The van der Waals surface area contributed by atoms with E-state index in [1.54, 1.807) is 0 Å². The topological polar surface area (TPSA) is 111 Å². The summed E-state index contributed by atoms with van der Waals surface area (Å²) in [7, 11) is 0. The largest absolute Gasteiger partial charge is 0.508 e. The van der Waals surface area contributed by atoms with E-state index in [2.05, 4.69) is 32.0 Å². The molecule has 2 rings (SSSR count). The zero-order chi connectivity index (χ0) is 27.8. The van der Waals surface area contributed by atoms with E-state index in [1.165, 1.54) is 37.3 Å². The number of phenolic OH excluding ortho intramolecular Hbond substituents is 1. The number of nitriles is 1. The van der Waals surface area contributed by atoms with Crippen molar-refractivity contribution < 1.29 is 24.9 Å². The van der Waals surface area contributed by atoms with Gasteiger partial charge in [0, 0.05) is 12.2 Å². The van der Waals surface area contributed by atoms with Gasteiger partial charge in [0.2, 0.25) is 0 Å². The van der Waals surface area contributed by atoms with Crippen molar-refractivity contribution in [1.29, 1.82) is 5.26 Å². The Bertz CT molecular complexity index is 1010. The lowest BCUT2D eigenvalue weighted by Gasteiger charge is -2.22. The van der Waals surface area contributed by atoms with Crippen LogP contribution in [0.2, 0.25) is 0 Å². The minimum Gasteiger partial charge on any atom is -0.508 e. The Labute approximate surface area is 228 Å². The molecule has 2 atom stereocenters. The number of ether oxygens (including phenoxy) is 1. The van der Waals surface area contributed by atoms with E-state index < -0.39 is 12.1 Å². The molecule has 0 aliphatic rings. The fourth-order valence-corrected chi connectivity index (χ4v) is 4.99. The number of aromatic hydroxyl groups is 2. The van der Waals surface area contributed by atoms with Gasteiger partial charge in [0.25, 0.3) is 0 Å². The van der Waals surface area contributed by atoms with Crippen LogP contribution >= 0.6 is 0 Å². The third kappa shape index (κ3) is 10.4. The summed E-state index contributed by atoms with van der Waals surface area (Å²) in [6.07, 6.45) is 13.2. The standard InChI is InChI=1S/C32H45NO5/c1-3-5-7-9-11-15-30(28-21-27(34)22-29(31(28)35)32(36)37)38-20-12-14-25(13-10-8-6-4-2)26-18-16-24(23-33)17-19-26/h16-19,21-22,25,30,34-35H,3-15,20H2,1-2H3,(H,36,37). The minimum atomic E-state index is -1.28. The van der Waals surface area contributed by atoms with E-state index >= 15 is 0 Å². The molecule has 0 heterocycles. The average molecular weight is 524 g/mol. The lowest BCUT2D eigenvalue weighted by molar-refractivity contribution is 0.0396. The number of hydrogen-bond donors (Lipinski definition) is 3. The van der Waals surface area contributed by atoms with Gasteiger partial charge in [-0.3, -0.25) is 0 Å². The summed E-state index contributed by atoms with van der Waals surface area (Å²) in [5.41, 5.74) is 1.92. The van der Waals surface area contributed by atoms with Crippen molar-refractivity contribution in [3.63, 3.8) is 0 Å². The summed E-state index contributed by atoms with van der Waals surface area (Å²) < 4.78 is 6.26. The number of carboxylic acids is 1. The SMILES string of the molecule is CCCCCCCC(OCCCC(CCCCCC)c1ccc(C#N)cc1)c1cc(O)cc(C(=O)O)c1O. The molecule has 0 saturated carbocycles. The quantitative estimate of drug-likeness (QED) is 0.126. The maximum absolute atomic E-state index is 11.6. The van der Waals surface area contributed by atoms with Crippen molar-refractivity contribution in [3.05, 3.63) is 58.7 Å². The molecular formula is C32H45NO5. The number of unbranched alkanes of at least 4 members (excludes halogenated alkanes) is 7. The first-order valence-corrected chi connectivity index (χ1v) is 14.3. The van der Waals surface area contributed by atoms with E-state index in [-0.39, 0.29) is 17.1 Å². The summed E-state index contributed by atoms with van der Waals surface area (Å²) in [4.78, 5) is 11.6. The van der Waals surface area contributed by atoms with Crippen molar-refractivity contribution in [2.75, 3.05) is 6.61 Å². The molecular weight excluding hydrogens is 478 g/mol. The fourth-order valence-electron chi connectivity index (χ4n) is 4.99. The highest BCUT2D eigenvalue weighted by Crippen LogP contribution is 2.37. The second-order valence-corrected chi connectivity index (χ2v) is 10.2. The van der Waals surface area contributed by atoms with E-state index in [1.807, 2.05) is 12.1 Å². The van der Waals surface area contributed by atoms with Crippen LogP contribution in [0.4, 0.5) is 0 Å². The molecule has 2 aromatic rings. The smallest absolute Gasteiger partial charge is 0.339 e. The Morgan fingerprint density at radius 1 is 0.868 bits per heavy atom. The predicted octanol–water partition coefficient (Wildman–Crippen LogP) is 8.62. The number of aromatic carboxylic acids is 1. The zero-order valence-electron chi connectivity index (χ0n) is 23.1. The van der Waals surface area contributed by atoms with Gasteiger partial charge in [-0.15, -0.1) is 0 Å². The Hall–Kier alpha value is -3.04. The first-order chi connectivity index (χ1) is 18.4. The lowest BCUT2D eigenvalue weighted by Crippen LogP contribution is -2.10. The van der Waals surface area contributed by atoms with Crippen LogP contribution in [0.15, 0.2) is 36.4 Å². The second kappa shape index (κ2) is 17.5. The van der Waals surface area contributed by atoms with Gasteiger partial charge in [-0.2, -0.15) is 5.26 Å². The van der Waals surface area contributed by atoms with Gasteiger partial charge in [0.05, 0.1) is 17.7 Å². The predicted molar refractivity (Wildman–Crippen MR) is 151 cm³/mol. The molecule has 0 amide bonds. The van der Waals surface area contributed by atoms with Crippen LogP contribution in [0.3, 0.4) is 0 Å². The summed E-state index contributed by atoms with van der Waals surface area (Å²) in [5.74, 6) is -1.43. The van der Waals surface area contributed by atoms with Gasteiger partial charge in [0.15, 0.2) is 0 Å². The van der Waals surface area contributed by atoms with Gasteiger partial charge in [-0.05, 0) is 61.4 Å². The summed E-state index contributed by atoms with van der Waals surface area (Å²) in [6, 6.07) is 12.5.